The van der Waals surface area contributed by atoms with Crippen molar-refractivity contribution in [2.24, 2.45) is 5.92 Å². The summed E-state index contributed by atoms with van der Waals surface area (Å²) in [6.45, 7) is 4.19. The van der Waals surface area contributed by atoms with E-state index in [-0.39, 0.29) is 5.75 Å². The first-order valence-electron chi connectivity index (χ1n) is 7.18. The van der Waals surface area contributed by atoms with Gasteiger partial charge in [0.15, 0.2) is 6.20 Å². The van der Waals surface area contributed by atoms with E-state index in [0.717, 1.165) is 24.8 Å². The summed E-state index contributed by atoms with van der Waals surface area (Å²) >= 11 is 0. The van der Waals surface area contributed by atoms with E-state index in [1.165, 1.54) is 4.68 Å². The monoisotopic (exact) mass is 298 g/mol. The van der Waals surface area contributed by atoms with Crippen LogP contribution in [0.5, 0.6) is 0 Å². The van der Waals surface area contributed by atoms with Crippen molar-refractivity contribution < 1.29 is 13.1 Å². The molecule has 112 valence electrons. The predicted octanol–water partition coefficient (Wildman–Crippen LogP) is 1.74. The molecule has 6 heteroatoms. The lowest BCUT2D eigenvalue weighted by Gasteiger charge is -2.11. The highest BCUT2D eigenvalue weighted by molar-refractivity contribution is 7.92. The van der Waals surface area contributed by atoms with E-state index in [2.05, 4.69) is 18.6 Å². The van der Waals surface area contributed by atoms with Gasteiger partial charge in [0.1, 0.15) is 5.69 Å². The minimum Gasteiger partial charge on any atom is -0.277 e. The molecule has 0 aromatic carbocycles. The average Bonchev–Trinajstić information content (AvgIpc) is 3.11. The third-order valence-electron chi connectivity index (χ3n) is 3.49. The van der Waals surface area contributed by atoms with Crippen LogP contribution in [0.25, 0.3) is 0 Å². The number of aromatic nitrogens is 1. The Balaban J connectivity index is 2.06. The molecular weight excluding hydrogens is 274 g/mol. The third-order valence-corrected chi connectivity index (χ3v) is 4.85. The maximum atomic E-state index is 12.1. The number of nitrogens with zero attached hydrogens (tertiary/aromatic N) is 1. The summed E-state index contributed by atoms with van der Waals surface area (Å²) in [6, 6.07) is 1.91. The van der Waals surface area contributed by atoms with E-state index in [9.17, 15) is 8.42 Å². The largest absolute Gasteiger partial charge is 0.277 e. The highest BCUT2D eigenvalue weighted by atomic mass is 32.2. The van der Waals surface area contributed by atoms with Gasteiger partial charge in [-0.3, -0.25) is 4.72 Å². The summed E-state index contributed by atoms with van der Waals surface area (Å²) in [5.41, 5.74) is 1.68. The number of nitrogens with one attached hydrogen (secondary N) is 1. The van der Waals surface area contributed by atoms with Crippen molar-refractivity contribution in [1.29, 1.82) is 0 Å². The maximum absolute atomic E-state index is 12.1. The van der Waals surface area contributed by atoms with Gasteiger partial charge in [-0.1, -0.05) is 18.5 Å². The van der Waals surface area contributed by atoms with E-state index in [4.69, 9.17) is 5.84 Å². The zero-order chi connectivity index (χ0) is 14.8. The molecule has 0 unspecified atom stereocenters. The minimum atomic E-state index is -3.29. The van der Waals surface area contributed by atoms with Crippen LogP contribution in [-0.2, 0) is 10.0 Å². The van der Waals surface area contributed by atoms with Crippen LogP contribution in [0.1, 0.15) is 51.0 Å². The van der Waals surface area contributed by atoms with Crippen molar-refractivity contribution in [3.63, 3.8) is 0 Å². The Labute approximate surface area is 121 Å². The van der Waals surface area contributed by atoms with E-state index in [1.54, 1.807) is 12.4 Å². The Morgan fingerprint density at radius 3 is 2.75 bits per heavy atom. The van der Waals surface area contributed by atoms with Crippen molar-refractivity contribution >= 4 is 15.7 Å². The fourth-order valence-corrected chi connectivity index (χ4v) is 3.41. The Morgan fingerprint density at radius 1 is 1.45 bits per heavy atom. The maximum Gasteiger partial charge on any atom is 0.232 e. The molecule has 1 aliphatic carbocycles. The van der Waals surface area contributed by atoms with Crippen LogP contribution in [0.15, 0.2) is 18.5 Å². The Kier molecular flexibility index (Phi) is 4.52. The zero-order valence-electron chi connectivity index (χ0n) is 12.2. The standard InChI is InChI=1S/C14H24N3O2S/c1-11(2)4-3-9-20(18,19)16-14-10-17(15)8-7-13(14)12-5-6-12/h7-8,10-12,16H,3-6,9,15H2,1-2H3/q+1. The van der Waals surface area contributed by atoms with Crippen LogP contribution < -0.4 is 15.2 Å². The van der Waals surface area contributed by atoms with E-state index in [0.29, 0.717) is 23.9 Å². The number of hydrogen-bond acceptors (Lipinski definition) is 3. The average molecular weight is 298 g/mol. The van der Waals surface area contributed by atoms with E-state index in [1.807, 2.05) is 6.07 Å². The summed E-state index contributed by atoms with van der Waals surface area (Å²) in [4.78, 5) is 0. The summed E-state index contributed by atoms with van der Waals surface area (Å²) in [5.74, 6) is 6.85. The second-order valence-electron chi connectivity index (χ2n) is 5.99. The molecule has 0 amide bonds. The number of pyridine rings is 1. The molecule has 20 heavy (non-hydrogen) atoms. The molecule has 1 saturated carbocycles. The van der Waals surface area contributed by atoms with Gasteiger partial charge in [-0.05, 0) is 43.1 Å². The SMILES string of the molecule is CC(C)CCCS(=O)(=O)Nc1c[n+](N)ccc1C1CC1. The molecule has 1 aromatic rings. The van der Waals surface area contributed by atoms with Gasteiger partial charge in [-0.2, -0.15) is 0 Å². The topological polar surface area (TPSA) is 76.1 Å². The highest BCUT2D eigenvalue weighted by Crippen LogP contribution is 2.43. The second-order valence-corrected chi connectivity index (χ2v) is 7.83. The zero-order valence-corrected chi connectivity index (χ0v) is 13.0. The molecule has 1 aromatic heterocycles. The van der Waals surface area contributed by atoms with Crippen LogP contribution in [0.3, 0.4) is 0 Å². The molecule has 3 N–H and O–H groups in total. The number of hydrogen-bond donors (Lipinski definition) is 2. The lowest BCUT2D eigenvalue weighted by molar-refractivity contribution is -0.638. The quantitative estimate of drug-likeness (QED) is 0.595. The molecule has 0 atom stereocenters. The Morgan fingerprint density at radius 2 is 2.15 bits per heavy atom. The molecule has 0 radical (unpaired) electrons. The first-order chi connectivity index (χ1) is 9.37. The Hall–Kier alpha value is -1.30. The van der Waals surface area contributed by atoms with Crippen molar-refractivity contribution in [2.45, 2.75) is 45.4 Å². The minimum absolute atomic E-state index is 0.161. The summed E-state index contributed by atoms with van der Waals surface area (Å²) in [5, 5.41) is 0. The second kappa shape index (κ2) is 5.99. The van der Waals surface area contributed by atoms with Crippen molar-refractivity contribution in [3.8, 4) is 0 Å². The molecule has 2 rings (SSSR count). The van der Waals surface area contributed by atoms with Crippen LogP contribution in [0, 0.1) is 5.92 Å². The molecule has 0 spiro atoms. The Bertz CT molecular complexity index is 566. The number of nitrogen functional groups attached to an aromatic ring is 1. The van der Waals surface area contributed by atoms with E-state index < -0.39 is 10.0 Å². The van der Waals surface area contributed by atoms with Gasteiger partial charge in [0.25, 0.3) is 0 Å². The predicted molar refractivity (Wildman–Crippen MR) is 80.2 cm³/mol. The summed E-state index contributed by atoms with van der Waals surface area (Å²) in [7, 11) is -3.29. The van der Waals surface area contributed by atoms with Gasteiger partial charge < -0.3 is 0 Å². The molecular formula is C14H24N3O2S+. The molecule has 0 aliphatic heterocycles. The van der Waals surface area contributed by atoms with Gasteiger partial charge in [0.2, 0.25) is 16.2 Å². The third kappa shape index (κ3) is 4.37. The highest BCUT2D eigenvalue weighted by Gasteiger charge is 2.29. The van der Waals surface area contributed by atoms with Crippen LogP contribution in [0.2, 0.25) is 0 Å². The van der Waals surface area contributed by atoms with Gasteiger partial charge in [-0.25, -0.2) is 14.3 Å². The van der Waals surface area contributed by atoms with Crippen molar-refractivity contribution in [2.75, 3.05) is 16.3 Å². The smallest absolute Gasteiger partial charge is 0.232 e. The van der Waals surface area contributed by atoms with Crippen molar-refractivity contribution in [1.82, 2.24) is 0 Å². The van der Waals surface area contributed by atoms with Gasteiger partial charge in [0.05, 0.1) is 5.75 Å². The fourth-order valence-electron chi connectivity index (χ4n) is 2.26. The summed E-state index contributed by atoms with van der Waals surface area (Å²) in [6.07, 6.45) is 7.24. The lowest BCUT2D eigenvalue weighted by Crippen LogP contribution is -2.44. The first kappa shape index (κ1) is 15.1. The van der Waals surface area contributed by atoms with Gasteiger partial charge in [0, 0.05) is 6.07 Å². The molecule has 0 bridgehead atoms. The molecule has 5 nitrogen and oxygen atoms in total. The number of nitrogens with two attached hydrogens (primary N) is 1. The molecule has 1 aliphatic rings. The van der Waals surface area contributed by atoms with Crippen LogP contribution in [0.4, 0.5) is 5.69 Å². The lowest BCUT2D eigenvalue weighted by atomic mass is 10.1. The van der Waals surface area contributed by atoms with Crippen molar-refractivity contribution in [3.05, 3.63) is 24.0 Å². The van der Waals surface area contributed by atoms with Gasteiger partial charge >= 0.3 is 0 Å². The van der Waals surface area contributed by atoms with Gasteiger partial charge in [-0.15, -0.1) is 0 Å². The number of rotatable bonds is 7. The fraction of sp³-hybridized carbons (Fsp3) is 0.643. The molecule has 1 fully saturated rings. The van der Waals surface area contributed by atoms with Crippen LogP contribution >= 0.6 is 0 Å². The summed E-state index contributed by atoms with van der Waals surface area (Å²) < 4.78 is 28.3. The van der Waals surface area contributed by atoms with Crippen LogP contribution in [-0.4, -0.2) is 14.2 Å². The molecule has 1 heterocycles. The van der Waals surface area contributed by atoms with E-state index >= 15 is 0 Å². The first-order valence-corrected chi connectivity index (χ1v) is 8.83. The molecule has 0 saturated heterocycles. The number of sulfonamides is 1. The normalized spacial score (nSPS) is 15.6. The number of anilines is 1.